The van der Waals surface area contributed by atoms with Gasteiger partial charge in [-0.2, -0.15) is 31.0 Å². The summed E-state index contributed by atoms with van der Waals surface area (Å²) in [6, 6.07) is -0.570. The van der Waals surface area contributed by atoms with Gasteiger partial charge in [-0.25, -0.2) is 0 Å². The van der Waals surface area contributed by atoms with E-state index < -0.39 is 34.5 Å². The third-order valence-corrected chi connectivity index (χ3v) is 4.84. The van der Waals surface area contributed by atoms with Gasteiger partial charge in [0.25, 0.3) is 10.2 Å². The van der Waals surface area contributed by atoms with Crippen molar-refractivity contribution in [2.24, 2.45) is 0 Å². The Balaban J connectivity index is 1.99. The fourth-order valence-electron chi connectivity index (χ4n) is 2.59. The van der Waals surface area contributed by atoms with Gasteiger partial charge in [0.1, 0.15) is 6.54 Å². The van der Waals surface area contributed by atoms with Gasteiger partial charge in [0, 0.05) is 12.5 Å². The lowest BCUT2D eigenvalue weighted by molar-refractivity contribution is -0.127. The van der Waals surface area contributed by atoms with Crippen LogP contribution in [0, 0.1) is 0 Å². The van der Waals surface area contributed by atoms with Crippen LogP contribution in [-0.2, 0) is 15.0 Å². The maximum Gasteiger partial charge on any atom is 0.402 e. The van der Waals surface area contributed by atoms with Crippen molar-refractivity contribution in [2.45, 2.75) is 49.9 Å². The molecule has 1 unspecified atom stereocenters. The summed E-state index contributed by atoms with van der Waals surface area (Å²) < 4.78 is 63.0. The SMILES string of the molecule is O=C1CCC(NS(=O)(=O)NCC(F)(F)F)C2(CCC2)N1. The zero-order valence-corrected chi connectivity index (χ0v) is 11.4. The normalized spacial score (nSPS) is 26.1. The van der Waals surface area contributed by atoms with E-state index >= 15 is 0 Å². The third kappa shape index (κ3) is 3.61. The number of halogens is 3. The zero-order chi connectivity index (χ0) is 15.0. The Kier molecular flexibility index (Phi) is 4.00. The molecule has 0 bridgehead atoms. The number of alkyl halides is 3. The quantitative estimate of drug-likeness (QED) is 0.691. The van der Waals surface area contributed by atoms with Crippen molar-refractivity contribution < 1.29 is 26.4 Å². The van der Waals surface area contributed by atoms with E-state index in [4.69, 9.17) is 0 Å². The molecule has 2 aliphatic rings. The maximum atomic E-state index is 12.0. The van der Waals surface area contributed by atoms with Gasteiger partial charge in [0.05, 0.1) is 5.54 Å². The molecule has 0 aromatic heterocycles. The molecule has 2 rings (SSSR count). The summed E-state index contributed by atoms with van der Waals surface area (Å²) in [4.78, 5) is 11.4. The number of rotatable bonds is 4. The topological polar surface area (TPSA) is 87.3 Å². The number of carbonyl (C=O) groups excluding carboxylic acids is 1. The largest absolute Gasteiger partial charge is 0.402 e. The van der Waals surface area contributed by atoms with Crippen LogP contribution in [0.2, 0.25) is 0 Å². The van der Waals surface area contributed by atoms with Crippen LogP contribution < -0.4 is 14.8 Å². The zero-order valence-electron chi connectivity index (χ0n) is 10.6. The Morgan fingerprint density at radius 2 is 2.00 bits per heavy atom. The number of carbonyl (C=O) groups is 1. The van der Waals surface area contributed by atoms with Crippen LogP contribution in [0.15, 0.2) is 0 Å². The summed E-state index contributed by atoms with van der Waals surface area (Å²) in [5.74, 6) is -0.150. The molecule has 1 amide bonds. The van der Waals surface area contributed by atoms with E-state index in [2.05, 4.69) is 10.0 Å². The average Bonchev–Trinajstić information content (AvgIpc) is 2.26. The Morgan fingerprint density at radius 1 is 1.35 bits per heavy atom. The van der Waals surface area contributed by atoms with Crippen molar-refractivity contribution >= 4 is 16.1 Å². The first-order valence-corrected chi connectivity index (χ1v) is 7.75. The molecule has 1 heterocycles. The van der Waals surface area contributed by atoms with Crippen molar-refractivity contribution in [3.63, 3.8) is 0 Å². The van der Waals surface area contributed by atoms with Crippen LogP contribution in [0.1, 0.15) is 32.1 Å². The summed E-state index contributed by atoms with van der Waals surface area (Å²) in [5.41, 5.74) is -0.637. The van der Waals surface area contributed by atoms with E-state index in [9.17, 15) is 26.4 Å². The Hall–Kier alpha value is -0.870. The lowest BCUT2D eigenvalue weighted by Gasteiger charge is -2.50. The van der Waals surface area contributed by atoms with Gasteiger partial charge in [-0.3, -0.25) is 4.79 Å². The van der Waals surface area contributed by atoms with Gasteiger partial charge >= 0.3 is 6.18 Å². The van der Waals surface area contributed by atoms with Gasteiger partial charge in [-0.15, -0.1) is 0 Å². The van der Waals surface area contributed by atoms with Gasteiger partial charge in [-0.05, 0) is 25.7 Å². The highest BCUT2D eigenvalue weighted by Gasteiger charge is 2.49. The van der Waals surface area contributed by atoms with Crippen molar-refractivity contribution in [3.05, 3.63) is 0 Å². The summed E-state index contributed by atoms with van der Waals surface area (Å²) in [6.07, 6.45) is -2.04. The van der Waals surface area contributed by atoms with Crippen molar-refractivity contribution in [2.75, 3.05) is 6.54 Å². The molecule has 1 saturated heterocycles. The molecule has 1 spiro atoms. The highest BCUT2D eigenvalue weighted by Crippen LogP contribution is 2.39. The average molecular weight is 315 g/mol. The molecule has 6 nitrogen and oxygen atoms in total. The molecule has 0 aromatic carbocycles. The molecule has 3 N–H and O–H groups in total. The lowest BCUT2D eigenvalue weighted by Crippen LogP contribution is -2.69. The first-order chi connectivity index (χ1) is 9.12. The fourth-order valence-corrected chi connectivity index (χ4v) is 3.74. The van der Waals surface area contributed by atoms with Crippen molar-refractivity contribution in [1.29, 1.82) is 0 Å². The number of hydrogen-bond acceptors (Lipinski definition) is 3. The van der Waals surface area contributed by atoms with E-state index in [0.29, 0.717) is 19.3 Å². The first-order valence-electron chi connectivity index (χ1n) is 6.27. The van der Waals surface area contributed by atoms with Crippen LogP contribution in [0.4, 0.5) is 13.2 Å². The van der Waals surface area contributed by atoms with Crippen LogP contribution in [0.25, 0.3) is 0 Å². The van der Waals surface area contributed by atoms with Crippen LogP contribution in [0.5, 0.6) is 0 Å². The Morgan fingerprint density at radius 3 is 2.50 bits per heavy atom. The minimum atomic E-state index is -4.61. The highest BCUT2D eigenvalue weighted by atomic mass is 32.2. The minimum absolute atomic E-state index is 0.150. The van der Waals surface area contributed by atoms with Gasteiger partial charge in [-0.1, -0.05) is 0 Å². The second-order valence-electron chi connectivity index (χ2n) is 5.21. The molecule has 1 aliphatic heterocycles. The second kappa shape index (κ2) is 5.15. The number of hydrogen-bond donors (Lipinski definition) is 3. The molecule has 116 valence electrons. The summed E-state index contributed by atoms with van der Waals surface area (Å²) in [6.45, 7) is -1.62. The molecule has 2 fully saturated rings. The summed E-state index contributed by atoms with van der Waals surface area (Å²) >= 11 is 0. The minimum Gasteiger partial charge on any atom is -0.349 e. The summed E-state index contributed by atoms with van der Waals surface area (Å²) in [7, 11) is -4.25. The maximum absolute atomic E-state index is 12.0. The number of nitrogens with one attached hydrogen (secondary N) is 3. The molecule has 20 heavy (non-hydrogen) atoms. The Labute approximate surface area is 114 Å². The van der Waals surface area contributed by atoms with E-state index in [1.165, 1.54) is 4.72 Å². The molecule has 1 aliphatic carbocycles. The molecular formula is C10H16F3N3O3S. The number of amides is 1. The standard InChI is InChI=1S/C10H16F3N3O3S/c11-10(12,13)6-14-20(18,19)16-7-2-3-8(17)15-9(7)4-1-5-9/h7,14,16H,1-6H2,(H,15,17). The van der Waals surface area contributed by atoms with E-state index in [0.717, 1.165) is 6.42 Å². The number of piperidine rings is 1. The van der Waals surface area contributed by atoms with E-state index in [-0.39, 0.29) is 12.3 Å². The first kappa shape index (κ1) is 15.5. The van der Waals surface area contributed by atoms with Gasteiger partial charge < -0.3 is 5.32 Å². The highest BCUT2D eigenvalue weighted by molar-refractivity contribution is 7.87. The smallest absolute Gasteiger partial charge is 0.349 e. The third-order valence-electron chi connectivity index (χ3n) is 3.72. The Bertz CT molecular complexity index is 488. The van der Waals surface area contributed by atoms with Gasteiger partial charge in [0.15, 0.2) is 0 Å². The van der Waals surface area contributed by atoms with Crippen molar-refractivity contribution in [3.8, 4) is 0 Å². The monoisotopic (exact) mass is 315 g/mol. The molecule has 1 saturated carbocycles. The predicted molar refractivity (Wildman–Crippen MR) is 63.9 cm³/mol. The molecule has 1 atom stereocenters. The van der Waals surface area contributed by atoms with Crippen LogP contribution in [-0.4, -0.2) is 38.6 Å². The second-order valence-corrected chi connectivity index (χ2v) is 6.74. The summed E-state index contributed by atoms with van der Waals surface area (Å²) in [5, 5.41) is 2.76. The van der Waals surface area contributed by atoms with Gasteiger partial charge in [0.2, 0.25) is 5.91 Å². The lowest BCUT2D eigenvalue weighted by atomic mass is 9.68. The predicted octanol–water partition coefficient (Wildman–Crippen LogP) is 0.174. The molecule has 10 heteroatoms. The van der Waals surface area contributed by atoms with Crippen LogP contribution >= 0.6 is 0 Å². The fraction of sp³-hybridized carbons (Fsp3) is 0.900. The van der Waals surface area contributed by atoms with E-state index in [1.807, 2.05) is 0 Å². The van der Waals surface area contributed by atoms with E-state index in [1.54, 1.807) is 0 Å². The van der Waals surface area contributed by atoms with Crippen molar-refractivity contribution in [1.82, 2.24) is 14.8 Å². The molecular weight excluding hydrogens is 299 g/mol. The molecule has 0 aromatic rings. The molecule has 0 radical (unpaired) electrons. The van der Waals surface area contributed by atoms with Crippen LogP contribution in [0.3, 0.4) is 0 Å².